The van der Waals surface area contributed by atoms with Crippen LogP contribution < -0.4 is 4.68 Å². The van der Waals surface area contributed by atoms with E-state index in [-0.39, 0.29) is 0 Å². The monoisotopic (exact) mass is 261 g/mol. The largest absolute Gasteiger partial charge is 0.210 e. The predicted octanol–water partition coefficient (Wildman–Crippen LogP) is 3.95. The summed E-state index contributed by atoms with van der Waals surface area (Å²) in [6.45, 7) is 0. The van der Waals surface area contributed by atoms with Gasteiger partial charge in [-0.3, -0.25) is 0 Å². The van der Waals surface area contributed by atoms with Crippen LogP contribution in [0, 0.1) is 0 Å². The van der Waals surface area contributed by atoms with Crippen molar-refractivity contribution in [3.8, 4) is 0 Å². The van der Waals surface area contributed by atoms with Gasteiger partial charge in [0.05, 0.1) is 12.7 Å². The van der Waals surface area contributed by atoms with E-state index >= 15 is 0 Å². The van der Waals surface area contributed by atoms with E-state index in [9.17, 15) is 0 Å². The van der Waals surface area contributed by atoms with Gasteiger partial charge in [0.15, 0.2) is 7.05 Å². The molecule has 19 heavy (non-hydrogen) atoms. The topological polar surface area (TPSA) is 8.81 Å². The van der Waals surface area contributed by atoms with Crippen molar-refractivity contribution >= 4 is 0 Å². The molecular formula is C17H29N2+. The molecule has 0 spiro atoms. The molecular weight excluding hydrogens is 232 g/mol. The first-order valence-corrected chi connectivity index (χ1v) is 8.33. The average Bonchev–Trinajstić information content (AvgIpc) is 2.77. The third kappa shape index (κ3) is 2.59. The summed E-state index contributed by atoms with van der Waals surface area (Å²) in [5.74, 6) is 1.64. The Bertz CT molecular complexity index is 382. The van der Waals surface area contributed by atoms with E-state index in [1.165, 1.54) is 64.2 Å². The standard InChI is InChI=1S/C17H29N2/c1-18-16(14-9-5-3-6-10-14)13-17(19(18)2)15-11-7-4-8-12-15/h13-15H,3-12H2,1-2H3/q+1. The Hall–Kier alpha value is -0.790. The third-order valence-corrected chi connectivity index (χ3v) is 5.54. The van der Waals surface area contributed by atoms with Crippen molar-refractivity contribution < 1.29 is 4.68 Å². The van der Waals surface area contributed by atoms with Gasteiger partial charge in [0.1, 0.15) is 0 Å². The smallest absolute Gasteiger partial charge is 0.161 e. The van der Waals surface area contributed by atoms with Gasteiger partial charge in [0.25, 0.3) is 0 Å². The minimum atomic E-state index is 0.822. The second-order valence-electron chi connectivity index (χ2n) is 6.71. The molecule has 0 unspecified atom stereocenters. The predicted molar refractivity (Wildman–Crippen MR) is 78.2 cm³/mol. The minimum Gasteiger partial charge on any atom is -0.161 e. The van der Waals surface area contributed by atoms with Crippen LogP contribution in [0.1, 0.15) is 87.4 Å². The van der Waals surface area contributed by atoms with E-state index in [1.54, 1.807) is 11.4 Å². The lowest BCUT2D eigenvalue weighted by Crippen LogP contribution is -2.42. The molecule has 0 amide bonds. The fourth-order valence-corrected chi connectivity index (χ4v) is 4.25. The lowest BCUT2D eigenvalue weighted by molar-refractivity contribution is -0.759. The molecule has 2 fully saturated rings. The molecule has 1 aromatic rings. The van der Waals surface area contributed by atoms with E-state index in [1.807, 2.05) is 0 Å². The fourth-order valence-electron chi connectivity index (χ4n) is 4.25. The highest BCUT2D eigenvalue weighted by atomic mass is 15.4. The lowest BCUT2D eigenvalue weighted by Gasteiger charge is -2.20. The van der Waals surface area contributed by atoms with Crippen molar-refractivity contribution in [1.82, 2.24) is 4.68 Å². The molecule has 1 aromatic heterocycles. The number of aromatic nitrogens is 2. The van der Waals surface area contributed by atoms with Crippen LogP contribution in [-0.4, -0.2) is 4.68 Å². The molecule has 2 heteroatoms. The van der Waals surface area contributed by atoms with Gasteiger partial charge in [-0.25, -0.2) is 0 Å². The molecule has 0 bridgehead atoms. The summed E-state index contributed by atoms with van der Waals surface area (Å²) in [5, 5.41) is 0. The number of rotatable bonds is 2. The molecule has 1 heterocycles. The van der Waals surface area contributed by atoms with E-state index in [2.05, 4.69) is 29.5 Å². The number of nitrogens with zero attached hydrogens (tertiary/aromatic N) is 2. The third-order valence-electron chi connectivity index (χ3n) is 5.54. The summed E-state index contributed by atoms with van der Waals surface area (Å²) in [5.41, 5.74) is 3.20. The summed E-state index contributed by atoms with van der Waals surface area (Å²) in [6, 6.07) is 2.55. The van der Waals surface area contributed by atoms with Gasteiger partial charge in [-0.15, -0.1) is 4.68 Å². The van der Waals surface area contributed by atoms with Crippen LogP contribution in [0.3, 0.4) is 0 Å². The van der Waals surface area contributed by atoms with E-state index < -0.39 is 0 Å². The van der Waals surface area contributed by atoms with Crippen molar-refractivity contribution in [1.29, 1.82) is 0 Å². The van der Waals surface area contributed by atoms with Gasteiger partial charge in [-0.2, -0.15) is 4.68 Å². The van der Waals surface area contributed by atoms with Crippen LogP contribution in [0.2, 0.25) is 0 Å². The Balaban J connectivity index is 1.85. The van der Waals surface area contributed by atoms with Crippen molar-refractivity contribution in [3.63, 3.8) is 0 Å². The molecule has 0 saturated heterocycles. The maximum absolute atomic E-state index is 2.55. The Morgan fingerprint density at radius 3 is 2.00 bits per heavy atom. The zero-order chi connectivity index (χ0) is 13.2. The van der Waals surface area contributed by atoms with Gasteiger partial charge >= 0.3 is 0 Å². The number of hydrogen-bond donors (Lipinski definition) is 0. The SMILES string of the molecule is Cn1c(C2CCCCC2)cc(C2CCCCC2)[n+]1C. The second kappa shape index (κ2) is 5.68. The molecule has 0 radical (unpaired) electrons. The van der Waals surface area contributed by atoms with Gasteiger partial charge in [-0.05, 0) is 25.7 Å². The molecule has 2 aliphatic carbocycles. The highest BCUT2D eigenvalue weighted by Gasteiger charge is 2.30. The number of hydrogen-bond acceptors (Lipinski definition) is 0. The van der Waals surface area contributed by atoms with Crippen LogP contribution in [0.15, 0.2) is 6.07 Å². The van der Waals surface area contributed by atoms with Crippen LogP contribution >= 0.6 is 0 Å². The Labute approximate surface area is 117 Å². The molecule has 0 N–H and O–H groups in total. The Morgan fingerprint density at radius 2 is 1.42 bits per heavy atom. The van der Waals surface area contributed by atoms with Crippen LogP contribution in [0.4, 0.5) is 0 Å². The first-order valence-electron chi connectivity index (χ1n) is 8.33. The van der Waals surface area contributed by atoms with Gasteiger partial charge < -0.3 is 0 Å². The highest BCUT2D eigenvalue weighted by Crippen LogP contribution is 2.36. The summed E-state index contributed by atoms with van der Waals surface area (Å²) < 4.78 is 4.86. The van der Waals surface area contributed by atoms with Gasteiger partial charge in [0, 0.05) is 17.9 Å². The van der Waals surface area contributed by atoms with Crippen LogP contribution in [-0.2, 0) is 14.1 Å². The van der Waals surface area contributed by atoms with Gasteiger partial charge in [-0.1, -0.05) is 38.5 Å². The van der Waals surface area contributed by atoms with Crippen LogP contribution in [0.25, 0.3) is 0 Å². The van der Waals surface area contributed by atoms with Gasteiger partial charge in [0.2, 0.25) is 5.69 Å². The fraction of sp³-hybridized carbons (Fsp3) is 0.824. The summed E-state index contributed by atoms with van der Waals surface area (Å²) in [4.78, 5) is 0. The Morgan fingerprint density at radius 1 is 0.895 bits per heavy atom. The van der Waals surface area contributed by atoms with E-state index in [0.29, 0.717) is 0 Å². The normalized spacial score (nSPS) is 22.8. The average molecular weight is 261 g/mol. The molecule has 2 nitrogen and oxygen atoms in total. The van der Waals surface area contributed by atoms with E-state index in [4.69, 9.17) is 0 Å². The van der Waals surface area contributed by atoms with E-state index in [0.717, 1.165) is 11.8 Å². The molecule has 2 aliphatic rings. The summed E-state index contributed by atoms with van der Waals surface area (Å²) in [6.07, 6.45) is 14.2. The molecule has 0 aromatic carbocycles. The maximum Gasteiger partial charge on any atom is 0.210 e. The zero-order valence-corrected chi connectivity index (χ0v) is 12.7. The lowest BCUT2D eigenvalue weighted by atomic mass is 9.84. The molecule has 0 atom stereocenters. The maximum atomic E-state index is 2.55. The second-order valence-corrected chi connectivity index (χ2v) is 6.71. The molecule has 3 rings (SSSR count). The molecule has 0 aliphatic heterocycles. The van der Waals surface area contributed by atoms with Crippen molar-refractivity contribution in [3.05, 3.63) is 17.5 Å². The van der Waals surface area contributed by atoms with Crippen molar-refractivity contribution in [2.75, 3.05) is 0 Å². The Kier molecular flexibility index (Phi) is 3.95. The molecule has 106 valence electrons. The first kappa shape index (κ1) is 13.2. The zero-order valence-electron chi connectivity index (χ0n) is 12.7. The summed E-state index contributed by atoms with van der Waals surface area (Å²) in [7, 11) is 4.52. The quantitative estimate of drug-likeness (QED) is 0.713. The minimum absolute atomic E-state index is 0.822. The highest BCUT2D eigenvalue weighted by molar-refractivity contribution is 5.15. The van der Waals surface area contributed by atoms with Crippen molar-refractivity contribution in [2.45, 2.75) is 76.0 Å². The van der Waals surface area contributed by atoms with Crippen LogP contribution in [0.5, 0.6) is 0 Å². The van der Waals surface area contributed by atoms with Crippen molar-refractivity contribution in [2.24, 2.45) is 14.1 Å². The molecule has 2 saturated carbocycles. The first-order chi connectivity index (χ1) is 9.27. The summed E-state index contributed by atoms with van der Waals surface area (Å²) >= 11 is 0.